The van der Waals surface area contributed by atoms with Crippen LogP contribution in [0.15, 0.2) is 27.1 Å². The van der Waals surface area contributed by atoms with Crippen molar-refractivity contribution in [2.45, 2.75) is 38.1 Å². The molecule has 3 N–H and O–H groups in total. The largest absolute Gasteiger partial charge is 0.271 e. The van der Waals surface area contributed by atoms with Crippen molar-refractivity contribution in [2.75, 3.05) is 0 Å². The van der Waals surface area contributed by atoms with Crippen LogP contribution in [0.4, 0.5) is 0 Å². The van der Waals surface area contributed by atoms with Crippen LogP contribution in [0.1, 0.15) is 43.7 Å². The summed E-state index contributed by atoms with van der Waals surface area (Å²) in [5.74, 6) is 6.53. The molecule has 0 heterocycles. The minimum Gasteiger partial charge on any atom is -0.271 e. The second kappa shape index (κ2) is 6.32. The number of halogens is 2. The summed E-state index contributed by atoms with van der Waals surface area (Å²) in [5.41, 5.74) is 4.21. The highest BCUT2D eigenvalue weighted by molar-refractivity contribution is 9.11. The molecule has 1 aliphatic carbocycles. The highest BCUT2D eigenvalue weighted by atomic mass is 79.9. The van der Waals surface area contributed by atoms with E-state index in [-0.39, 0.29) is 6.04 Å². The van der Waals surface area contributed by atoms with Gasteiger partial charge in [0.2, 0.25) is 0 Å². The normalized spacial score (nSPS) is 18.5. The van der Waals surface area contributed by atoms with Crippen molar-refractivity contribution in [3.8, 4) is 0 Å². The minimum atomic E-state index is 0.256. The Morgan fingerprint density at radius 2 is 1.76 bits per heavy atom. The Bertz CT molecular complexity index is 355. The average Bonchev–Trinajstić information content (AvgIpc) is 2.77. The molecule has 1 atom stereocenters. The zero-order chi connectivity index (χ0) is 12.3. The molecular weight excluding hydrogens is 344 g/mol. The molecule has 94 valence electrons. The smallest absolute Gasteiger partial charge is 0.0463 e. The first-order chi connectivity index (χ1) is 8.19. The lowest BCUT2D eigenvalue weighted by molar-refractivity contribution is 0.400. The van der Waals surface area contributed by atoms with Gasteiger partial charge >= 0.3 is 0 Å². The summed E-state index contributed by atoms with van der Waals surface area (Å²) in [4.78, 5) is 0. The molecule has 0 bridgehead atoms. The van der Waals surface area contributed by atoms with Gasteiger partial charge in [0.25, 0.3) is 0 Å². The Morgan fingerprint density at radius 3 is 2.29 bits per heavy atom. The Hall–Kier alpha value is 0.1000. The first-order valence-corrected chi connectivity index (χ1v) is 7.70. The summed E-state index contributed by atoms with van der Waals surface area (Å²) >= 11 is 7.05. The third kappa shape index (κ3) is 3.78. The van der Waals surface area contributed by atoms with Gasteiger partial charge in [0.15, 0.2) is 0 Å². The number of nitrogens with one attached hydrogen (secondary N) is 1. The van der Waals surface area contributed by atoms with Gasteiger partial charge in [-0.25, -0.2) is 0 Å². The standard InChI is InChI=1S/C13H18Br2N2/c14-11-6-10(7-12(15)8-11)13(17-16)5-9-3-1-2-4-9/h6-9,13,17H,1-5,16H2. The molecule has 1 aromatic rings. The molecule has 17 heavy (non-hydrogen) atoms. The lowest BCUT2D eigenvalue weighted by Crippen LogP contribution is -2.29. The van der Waals surface area contributed by atoms with Gasteiger partial charge in [0.1, 0.15) is 0 Å². The molecule has 0 radical (unpaired) electrons. The lowest BCUT2D eigenvalue weighted by Gasteiger charge is -2.20. The fourth-order valence-electron chi connectivity index (χ4n) is 2.66. The van der Waals surface area contributed by atoms with E-state index in [1.807, 2.05) is 6.07 Å². The van der Waals surface area contributed by atoms with Crippen LogP contribution in [0.5, 0.6) is 0 Å². The molecule has 1 fully saturated rings. The highest BCUT2D eigenvalue weighted by Gasteiger charge is 2.20. The zero-order valence-corrected chi connectivity index (χ0v) is 12.9. The maximum atomic E-state index is 5.70. The molecule has 0 saturated heterocycles. The molecular formula is C13H18Br2N2. The maximum Gasteiger partial charge on any atom is 0.0463 e. The first-order valence-electron chi connectivity index (χ1n) is 6.11. The Labute approximate surface area is 120 Å². The second-order valence-electron chi connectivity index (χ2n) is 4.81. The van der Waals surface area contributed by atoms with Gasteiger partial charge in [0.05, 0.1) is 0 Å². The first kappa shape index (κ1) is 13.5. The van der Waals surface area contributed by atoms with Crippen LogP contribution < -0.4 is 11.3 Å². The van der Waals surface area contributed by atoms with Crippen molar-refractivity contribution >= 4 is 31.9 Å². The quantitative estimate of drug-likeness (QED) is 0.619. The van der Waals surface area contributed by atoms with Crippen LogP contribution >= 0.6 is 31.9 Å². The predicted molar refractivity (Wildman–Crippen MR) is 78.5 cm³/mol. The lowest BCUT2D eigenvalue weighted by atomic mass is 9.94. The van der Waals surface area contributed by atoms with Crippen molar-refractivity contribution in [3.63, 3.8) is 0 Å². The number of benzene rings is 1. The summed E-state index contributed by atoms with van der Waals surface area (Å²) in [6.45, 7) is 0. The van der Waals surface area contributed by atoms with Crippen LogP contribution in [0.25, 0.3) is 0 Å². The van der Waals surface area contributed by atoms with Crippen molar-refractivity contribution in [2.24, 2.45) is 11.8 Å². The Balaban J connectivity index is 2.10. The van der Waals surface area contributed by atoms with Crippen LogP contribution in [-0.2, 0) is 0 Å². The van der Waals surface area contributed by atoms with Crippen LogP contribution in [-0.4, -0.2) is 0 Å². The van der Waals surface area contributed by atoms with E-state index in [2.05, 4.69) is 49.4 Å². The van der Waals surface area contributed by atoms with Crippen LogP contribution in [0.2, 0.25) is 0 Å². The summed E-state index contributed by atoms with van der Waals surface area (Å²) in [6.07, 6.45) is 6.61. The SMILES string of the molecule is NNC(CC1CCCC1)c1cc(Br)cc(Br)c1. The predicted octanol–water partition coefficient (Wildman–Crippen LogP) is 4.30. The molecule has 0 amide bonds. The zero-order valence-electron chi connectivity index (χ0n) is 9.76. The molecule has 0 spiro atoms. The number of nitrogens with two attached hydrogens (primary N) is 1. The van der Waals surface area contributed by atoms with E-state index in [1.54, 1.807) is 0 Å². The van der Waals surface area contributed by atoms with E-state index >= 15 is 0 Å². The van der Waals surface area contributed by atoms with Gasteiger partial charge in [-0.2, -0.15) is 0 Å². The molecule has 1 aromatic carbocycles. The van der Waals surface area contributed by atoms with Crippen molar-refractivity contribution in [1.82, 2.24) is 5.43 Å². The van der Waals surface area contributed by atoms with Crippen molar-refractivity contribution < 1.29 is 0 Å². The molecule has 1 aliphatic rings. The summed E-state index contributed by atoms with van der Waals surface area (Å²) in [7, 11) is 0. The molecule has 0 aromatic heterocycles. The third-order valence-electron chi connectivity index (χ3n) is 3.53. The van der Waals surface area contributed by atoms with E-state index in [4.69, 9.17) is 5.84 Å². The molecule has 1 unspecified atom stereocenters. The van der Waals surface area contributed by atoms with Gasteiger partial charge in [-0.3, -0.25) is 11.3 Å². The van der Waals surface area contributed by atoms with Crippen molar-refractivity contribution in [1.29, 1.82) is 0 Å². The number of hydrogen-bond donors (Lipinski definition) is 2. The highest BCUT2D eigenvalue weighted by Crippen LogP contribution is 2.34. The number of hydrogen-bond acceptors (Lipinski definition) is 2. The fourth-order valence-corrected chi connectivity index (χ4v) is 3.99. The second-order valence-corrected chi connectivity index (χ2v) is 6.64. The van der Waals surface area contributed by atoms with Gasteiger partial charge in [-0.1, -0.05) is 57.5 Å². The number of hydrazine groups is 1. The third-order valence-corrected chi connectivity index (χ3v) is 4.45. The molecule has 0 aliphatic heterocycles. The maximum absolute atomic E-state index is 5.70. The Morgan fingerprint density at radius 1 is 1.18 bits per heavy atom. The van der Waals surface area contributed by atoms with Gasteiger partial charge in [-0.05, 0) is 36.1 Å². The molecule has 2 rings (SSSR count). The number of rotatable bonds is 4. The van der Waals surface area contributed by atoms with E-state index in [1.165, 1.54) is 31.2 Å². The summed E-state index contributed by atoms with van der Waals surface area (Å²) in [5, 5.41) is 0. The fraction of sp³-hybridized carbons (Fsp3) is 0.538. The van der Waals surface area contributed by atoms with Gasteiger partial charge in [0, 0.05) is 15.0 Å². The average molecular weight is 362 g/mol. The summed E-state index contributed by atoms with van der Waals surface area (Å²) < 4.78 is 2.18. The van der Waals surface area contributed by atoms with Gasteiger partial charge in [-0.15, -0.1) is 0 Å². The minimum absolute atomic E-state index is 0.256. The molecule has 2 nitrogen and oxygen atoms in total. The topological polar surface area (TPSA) is 38.0 Å². The molecule has 4 heteroatoms. The summed E-state index contributed by atoms with van der Waals surface area (Å²) in [6, 6.07) is 6.59. The van der Waals surface area contributed by atoms with Crippen LogP contribution in [0.3, 0.4) is 0 Å². The molecule has 1 saturated carbocycles. The van der Waals surface area contributed by atoms with E-state index in [0.717, 1.165) is 21.3 Å². The monoisotopic (exact) mass is 360 g/mol. The van der Waals surface area contributed by atoms with Gasteiger partial charge < -0.3 is 0 Å². The van der Waals surface area contributed by atoms with Crippen molar-refractivity contribution in [3.05, 3.63) is 32.7 Å². The van der Waals surface area contributed by atoms with E-state index < -0.39 is 0 Å². The van der Waals surface area contributed by atoms with Crippen LogP contribution in [0, 0.1) is 5.92 Å². The van der Waals surface area contributed by atoms with E-state index in [9.17, 15) is 0 Å². The van der Waals surface area contributed by atoms with E-state index in [0.29, 0.717) is 0 Å². The Kier molecular flexibility index (Phi) is 5.03.